The van der Waals surface area contributed by atoms with Crippen LogP contribution in [-0.4, -0.2) is 43.4 Å². The summed E-state index contributed by atoms with van der Waals surface area (Å²) in [6.45, 7) is 4.75. The minimum absolute atomic E-state index is 0.0387. The van der Waals surface area contributed by atoms with Crippen molar-refractivity contribution >= 4 is 22.6 Å². The summed E-state index contributed by atoms with van der Waals surface area (Å²) in [6, 6.07) is 9.93. The van der Waals surface area contributed by atoms with Gasteiger partial charge in [0.2, 0.25) is 5.91 Å². The van der Waals surface area contributed by atoms with Crippen molar-refractivity contribution in [3.8, 4) is 0 Å². The quantitative estimate of drug-likeness (QED) is 0.829. The van der Waals surface area contributed by atoms with Crippen LogP contribution in [0.3, 0.4) is 0 Å². The van der Waals surface area contributed by atoms with Gasteiger partial charge in [0.15, 0.2) is 0 Å². The van der Waals surface area contributed by atoms with Gasteiger partial charge in [-0.2, -0.15) is 0 Å². The third-order valence-corrected chi connectivity index (χ3v) is 6.16. The molecule has 2 fully saturated rings. The lowest BCUT2D eigenvalue weighted by Crippen LogP contribution is -2.55. The molecule has 1 aromatic carbocycles. The molecule has 1 amide bonds. The number of para-hydroxylation sites is 1. The van der Waals surface area contributed by atoms with Gasteiger partial charge in [-0.3, -0.25) is 4.79 Å². The average molecular weight is 383 g/mol. The summed E-state index contributed by atoms with van der Waals surface area (Å²) in [5.41, 5.74) is 7.84. The van der Waals surface area contributed by atoms with Gasteiger partial charge in [0.25, 0.3) is 0 Å². The van der Waals surface area contributed by atoms with E-state index in [9.17, 15) is 4.79 Å². The van der Waals surface area contributed by atoms with Crippen LogP contribution in [0, 0.1) is 11.3 Å². The number of nitrogens with zero attached hydrogens (tertiary/aromatic N) is 1. The molecular weight excluding hydrogens is 354 g/mol. The van der Waals surface area contributed by atoms with E-state index in [-0.39, 0.29) is 23.3 Å². The average Bonchev–Trinajstić information content (AvgIpc) is 2.72. The van der Waals surface area contributed by atoms with Gasteiger partial charge < -0.3 is 20.5 Å². The molecule has 0 radical (unpaired) electrons. The van der Waals surface area contributed by atoms with Crippen molar-refractivity contribution in [1.29, 1.82) is 0 Å². The fourth-order valence-electron chi connectivity index (χ4n) is 4.46. The largest absolute Gasteiger partial charge is 0.383 e. The molecule has 28 heavy (non-hydrogen) atoms. The van der Waals surface area contributed by atoms with Crippen LogP contribution in [0.15, 0.2) is 30.3 Å². The Kier molecular flexibility index (Phi) is 5.51. The van der Waals surface area contributed by atoms with Gasteiger partial charge in [-0.15, -0.1) is 0 Å². The standard InChI is InChI=1S/C22H29N3O3/c1-15(11-17-12-16-5-2-3-6-18(16)25-20(17)23)21(26)24-13-22-8-4-9-28-19(22)7-10-27-14-22/h2-3,5-6,12,15,19H,4,7-11,13-14H2,1H3,(H2,23,25)(H,24,26)/t15?,19-,22-/m1/s1. The predicted molar refractivity (Wildman–Crippen MR) is 109 cm³/mol. The van der Waals surface area contributed by atoms with E-state index in [2.05, 4.69) is 10.3 Å². The number of carbonyl (C=O) groups excluding carboxylic acids is 1. The molecule has 6 heteroatoms. The SMILES string of the molecule is CC(Cc1cc2ccccc2nc1N)C(=O)NC[C@@]12CCCO[C@@H]1CCOC2. The molecule has 1 aromatic heterocycles. The van der Waals surface area contributed by atoms with Gasteiger partial charge >= 0.3 is 0 Å². The molecule has 2 aliphatic rings. The highest BCUT2D eigenvalue weighted by molar-refractivity contribution is 5.82. The number of nitrogens with one attached hydrogen (secondary N) is 1. The Bertz CT molecular complexity index is 842. The maximum Gasteiger partial charge on any atom is 0.223 e. The number of hydrogen-bond donors (Lipinski definition) is 2. The van der Waals surface area contributed by atoms with Gasteiger partial charge in [-0.25, -0.2) is 4.98 Å². The fourth-order valence-corrected chi connectivity index (χ4v) is 4.46. The summed E-state index contributed by atoms with van der Waals surface area (Å²) < 4.78 is 11.7. The summed E-state index contributed by atoms with van der Waals surface area (Å²) in [4.78, 5) is 17.3. The van der Waals surface area contributed by atoms with E-state index in [1.807, 2.05) is 37.3 Å². The van der Waals surface area contributed by atoms with E-state index in [1.54, 1.807) is 0 Å². The summed E-state index contributed by atoms with van der Waals surface area (Å²) in [5, 5.41) is 4.20. The molecule has 3 heterocycles. The van der Waals surface area contributed by atoms with Crippen molar-refractivity contribution in [3.05, 3.63) is 35.9 Å². The number of ether oxygens (including phenoxy) is 2. The van der Waals surface area contributed by atoms with Crippen LogP contribution < -0.4 is 11.1 Å². The number of hydrogen-bond acceptors (Lipinski definition) is 5. The van der Waals surface area contributed by atoms with Crippen molar-refractivity contribution in [1.82, 2.24) is 10.3 Å². The second-order valence-corrected chi connectivity index (χ2v) is 8.22. The van der Waals surface area contributed by atoms with Gasteiger partial charge in [0.05, 0.1) is 18.2 Å². The molecule has 150 valence electrons. The van der Waals surface area contributed by atoms with Crippen LogP contribution >= 0.6 is 0 Å². The maximum absolute atomic E-state index is 12.8. The van der Waals surface area contributed by atoms with Crippen LogP contribution in [-0.2, 0) is 20.7 Å². The summed E-state index contributed by atoms with van der Waals surface area (Å²) in [7, 11) is 0. The van der Waals surface area contributed by atoms with Crippen LogP contribution in [0.2, 0.25) is 0 Å². The number of pyridine rings is 1. The van der Waals surface area contributed by atoms with E-state index >= 15 is 0 Å². The van der Waals surface area contributed by atoms with Gasteiger partial charge in [0.1, 0.15) is 5.82 Å². The lowest BCUT2D eigenvalue weighted by atomic mass is 9.74. The van der Waals surface area contributed by atoms with Crippen LogP contribution in [0.1, 0.15) is 31.7 Å². The zero-order chi connectivity index (χ0) is 19.6. The highest BCUT2D eigenvalue weighted by Crippen LogP contribution is 2.38. The number of nitrogen functional groups attached to an aromatic ring is 1. The number of anilines is 1. The molecule has 0 aliphatic carbocycles. The number of carbonyl (C=O) groups is 1. The summed E-state index contributed by atoms with van der Waals surface area (Å²) in [6.07, 6.45) is 3.72. The topological polar surface area (TPSA) is 86.5 Å². The Labute approximate surface area is 165 Å². The smallest absolute Gasteiger partial charge is 0.223 e. The first-order valence-electron chi connectivity index (χ1n) is 10.2. The zero-order valence-corrected chi connectivity index (χ0v) is 16.4. The number of aromatic nitrogens is 1. The van der Waals surface area contributed by atoms with E-state index in [4.69, 9.17) is 15.2 Å². The number of fused-ring (bicyclic) bond motifs is 2. The lowest BCUT2D eigenvalue weighted by Gasteiger charge is -2.46. The highest BCUT2D eigenvalue weighted by atomic mass is 16.5. The van der Waals surface area contributed by atoms with Crippen LogP contribution in [0.25, 0.3) is 10.9 Å². The Morgan fingerprint density at radius 1 is 1.39 bits per heavy atom. The van der Waals surface area contributed by atoms with Gasteiger partial charge in [-0.05, 0) is 43.4 Å². The Balaban J connectivity index is 1.40. The van der Waals surface area contributed by atoms with Crippen LogP contribution in [0.5, 0.6) is 0 Å². The Morgan fingerprint density at radius 3 is 3.14 bits per heavy atom. The number of benzene rings is 1. The Morgan fingerprint density at radius 2 is 2.25 bits per heavy atom. The normalized spacial score (nSPS) is 25.8. The molecule has 0 bridgehead atoms. The molecule has 2 aliphatic heterocycles. The van der Waals surface area contributed by atoms with E-state index in [0.717, 1.165) is 48.9 Å². The zero-order valence-electron chi connectivity index (χ0n) is 16.4. The van der Waals surface area contributed by atoms with Crippen molar-refractivity contribution in [2.75, 3.05) is 32.1 Å². The van der Waals surface area contributed by atoms with E-state index < -0.39 is 0 Å². The third kappa shape index (κ3) is 3.84. The van der Waals surface area contributed by atoms with E-state index in [1.165, 1.54) is 0 Å². The van der Waals surface area contributed by atoms with Crippen molar-refractivity contribution in [2.45, 2.75) is 38.7 Å². The van der Waals surface area contributed by atoms with Crippen molar-refractivity contribution in [2.24, 2.45) is 11.3 Å². The molecule has 1 unspecified atom stereocenters. The molecule has 3 N–H and O–H groups in total. The second kappa shape index (κ2) is 8.05. The highest BCUT2D eigenvalue weighted by Gasteiger charge is 2.44. The molecule has 3 atom stereocenters. The molecule has 0 spiro atoms. The monoisotopic (exact) mass is 383 g/mol. The predicted octanol–water partition coefficient (Wildman–Crippen LogP) is 2.70. The lowest BCUT2D eigenvalue weighted by molar-refractivity contribution is -0.159. The third-order valence-electron chi connectivity index (χ3n) is 6.16. The Hall–Kier alpha value is -2.18. The molecule has 0 saturated carbocycles. The minimum atomic E-state index is -0.186. The van der Waals surface area contributed by atoms with E-state index in [0.29, 0.717) is 25.4 Å². The first kappa shape index (κ1) is 19.2. The second-order valence-electron chi connectivity index (χ2n) is 8.22. The van der Waals surface area contributed by atoms with Crippen molar-refractivity contribution < 1.29 is 14.3 Å². The number of nitrogens with two attached hydrogens (primary N) is 1. The molecule has 2 aromatic rings. The van der Waals surface area contributed by atoms with Gasteiger partial charge in [0, 0.05) is 36.5 Å². The molecular formula is C22H29N3O3. The molecule has 6 nitrogen and oxygen atoms in total. The van der Waals surface area contributed by atoms with Gasteiger partial charge in [-0.1, -0.05) is 25.1 Å². The molecule has 2 saturated heterocycles. The first-order valence-corrected chi connectivity index (χ1v) is 10.2. The number of rotatable bonds is 5. The number of amides is 1. The minimum Gasteiger partial charge on any atom is -0.383 e. The maximum atomic E-state index is 12.8. The molecule has 4 rings (SSSR count). The summed E-state index contributed by atoms with van der Waals surface area (Å²) in [5.74, 6) is 0.351. The van der Waals surface area contributed by atoms with Crippen molar-refractivity contribution in [3.63, 3.8) is 0 Å². The fraction of sp³-hybridized carbons (Fsp3) is 0.545. The van der Waals surface area contributed by atoms with Crippen LogP contribution in [0.4, 0.5) is 5.82 Å². The summed E-state index contributed by atoms with van der Waals surface area (Å²) >= 11 is 0. The first-order chi connectivity index (χ1) is 13.6.